The Balaban J connectivity index is 1.01. The fraction of sp³-hybridized carbons (Fsp3) is 0.595. The molecule has 6 rings (SSSR count). The molecule has 3 aliphatic heterocycles. The number of carbonyl (C=O) groups is 3. The maximum absolute atomic E-state index is 13.9. The van der Waals surface area contributed by atoms with E-state index in [4.69, 9.17) is 0 Å². The Morgan fingerprint density at radius 1 is 0.800 bits per heavy atom. The molecule has 0 unspecified atom stereocenters. The zero-order chi connectivity index (χ0) is 31.2. The molecule has 4 fully saturated rings. The van der Waals surface area contributed by atoms with Crippen LogP contribution >= 0.6 is 0 Å². The van der Waals surface area contributed by atoms with Crippen molar-refractivity contribution in [3.05, 3.63) is 71.3 Å². The molecule has 1 N–H and O–H groups in total. The highest BCUT2D eigenvalue weighted by Crippen LogP contribution is 2.38. The number of urea groups is 1. The monoisotopic (exact) mass is 613 g/mol. The van der Waals surface area contributed by atoms with Crippen molar-refractivity contribution < 1.29 is 14.4 Å². The van der Waals surface area contributed by atoms with E-state index in [0.29, 0.717) is 31.2 Å². The first kappa shape index (κ1) is 31.6. The summed E-state index contributed by atoms with van der Waals surface area (Å²) in [5.74, 6) is 0.192. The quantitative estimate of drug-likeness (QED) is 0.386. The molecule has 8 heteroatoms. The van der Waals surface area contributed by atoms with Crippen LogP contribution in [0.5, 0.6) is 0 Å². The number of hydrogen-bond acceptors (Lipinski definition) is 4. The molecule has 1 aliphatic carbocycles. The number of benzene rings is 2. The number of nitrogens with zero attached hydrogens (tertiary/aromatic N) is 4. The van der Waals surface area contributed by atoms with Crippen molar-refractivity contribution in [2.75, 3.05) is 39.3 Å². The number of likely N-dealkylation sites (tertiary alicyclic amines) is 2. The van der Waals surface area contributed by atoms with Gasteiger partial charge in [0.1, 0.15) is 0 Å². The molecule has 0 spiro atoms. The molecule has 2 aromatic rings. The number of rotatable bonds is 9. The van der Waals surface area contributed by atoms with E-state index in [1.165, 1.54) is 30.4 Å². The first-order chi connectivity index (χ1) is 22.0. The first-order valence-corrected chi connectivity index (χ1v) is 17.5. The van der Waals surface area contributed by atoms with Gasteiger partial charge in [0.25, 0.3) is 5.91 Å². The minimum Gasteiger partial charge on any atom is -0.356 e. The Morgan fingerprint density at radius 2 is 1.49 bits per heavy atom. The lowest BCUT2D eigenvalue weighted by Gasteiger charge is -2.39. The molecule has 1 atom stereocenters. The van der Waals surface area contributed by atoms with Gasteiger partial charge in [0.2, 0.25) is 5.91 Å². The van der Waals surface area contributed by atoms with Gasteiger partial charge in [-0.15, -0.1) is 0 Å². The molecule has 1 saturated carbocycles. The van der Waals surface area contributed by atoms with Gasteiger partial charge in [-0.05, 0) is 68.2 Å². The molecule has 45 heavy (non-hydrogen) atoms. The molecular formula is C37H51N5O3. The number of piperidine rings is 2. The summed E-state index contributed by atoms with van der Waals surface area (Å²) in [5.41, 5.74) is 3.18. The lowest BCUT2D eigenvalue weighted by molar-refractivity contribution is -0.126. The highest BCUT2D eigenvalue weighted by atomic mass is 16.2. The van der Waals surface area contributed by atoms with Crippen LogP contribution in [0.1, 0.15) is 98.7 Å². The van der Waals surface area contributed by atoms with Crippen molar-refractivity contribution in [1.82, 2.24) is 24.9 Å². The molecule has 0 radical (unpaired) electrons. The largest absolute Gasteiger partial charge is 0.356 e. The summed E-state index contributed by atoms with van der Waals surface area (Å²) < 4.78 is 0. The summed E-state index contributed by atoms with van der Waals surface area (Å²) in [4.78, 5) is 48.2. The standard InChI is InChI=1S/C37H51N5O3/c1-2-21-38-35(43)30-17-24-40(25-18-30)36(44)31-15-13-28(14-16-31)26-39-22-19-33(20-23-39)42-34(29-9-5-3-6-10-29)27-41(37(42)45)32-11-7-4-8-12-32/h3,5-6,9-10,13-16,30,32-34H,2,4,7-8,11-12,17-27H2,1H3,(H,38,43)/t34-/m0/s1. The highest BCUT2D eigenvalue weighted by molar-refractivity contribution is 5.94. The van der Waals surface area contributed by atoms with Crippen molar-refractivity contribution >= 4 is 17.8 Å². The molecule has 8 nitrogen and oxygen atoms in total. The van der Waals surface area contributed by atoms with Crippen LogP contribution in [-0.2, 0) is 11.3 Å². The minimum absolute atomic E-state index is 0.00996. The number of hydrogen-bond donors (Lipinski definition) is 1. The van der Waals surface area contributed by atoms with Gasteiger partial charge in [-0.25, -0.2) is 4.79 Å². The van der Waals surface area contributed by atoms with Crippen LogP contribution in [0.15, 0.2) is 54.6 Å². The van der Waals surface area contributed by atoms with Gasteiger partial charge in [-0.2, -0.15) is 0 Å². The van der Waals surface area contributed by atoms with Gasteiger partial charge in [0.15, 0.2) is 0 Å². The second-order valence-electron chi connectivity index (χ2n) is 13.6. The molecule has 0 bridgehead atoms. The maximum atomic E-state index is 13.9. The fourth-order valence-electron chi connectivity index (χ4n) is 7.97. The minimum atomic E-state index is 0.00996. The van der Waals surface area contributed by atoms with Gasteiger partial charge in [-0.1, -0.05) is 68.7 Å². The Labute approximate surface area is 269 Å². The predicted octanol–water partition coefficient (Wildman–Crippen LogP) is 5.84. The molecular weight excluding hydrogens is 562 g/mol. The Bertz CT molecular complexity index is 1280. The van der Waals surface area contributed by atoms with Crippen LogP contribution < -0.4 is 5.32 Å². The van der Waals surface area contributed by atoms with Crippen LogP contribution in [0.2, 0.25) is 0 Å². The number of nitrogens with one attached hydrogen (secondary N) is 1. The molecule has 4 amide bonds. The van der Waals surface area contributed by atoms with E-state index in [9.17, 15) is 14.4 Å². The Morgan fingerprint density at radius 3 is 2.16 bits per heavy atom. The summed E-state index contributed by atoms with van der Waals surface area (Å²) in [6.45, 7) is 7.61. The number of amides is 4. The molecule has 3 heterocycles. The van der Waals surface area contributed by atoms with Gasteiger partial charge in [0.05, 0.1) is 6.04 Å². The van der Waals surface area contributed by atoms with Crippen molar-refractivity contribution in [3.63, 3.8) is 0 Å². The summed E-state index contributed by atoms with van der Waals surface area (Å²) in [5, 5.41) is 2.99. The first-order valence-electron chi connectivity index (χ1n) is 17.5. The van der Waals surface area contributed by atoms with Crippen LogP contribution in [0.25, 0.3) is 0 Å². The average Bonchev–Trinajstić information content (AvgIpc) is 3.45. The summed E-state index contributed by atoms with van der Waals surface area (Å²) in [6, 6.07) is 19.7. The van der Waals surface area contributed by atoms with Crippen LogP contribution in [0.3, 0.4) is 0 Å². The third kappa shape index (κ3) is 7.37. The zero-order valence-corrected chi connectivity index (χ0v) is 27.0. The molecule has 0 aromatic heterocycles. The Hall–Kier alpha value is -3.39. The van der Waals surface area contributed by atoms with Gasteiger partial charge >= 0.3 is 6.03 Å². The van der Waals surface area contributed by atoms with Crippen molar-refractivity contribution in [2.24, 2.45) is 5.92 Å². The topological polar surface area (TPSA) is 76.2 Å². The maximum Gasteiger partial charge on any atom is 0.321 e. The summed E-state index contributed by atoms with van der Waals surface area (Å²) >= 11 is 0. The van der Waals surface area contributed by atoms with Crippen molar-refractivity contribution in [2.45, 2.75) is 95.8 Å². The van der Waals surface area contributed by atoms with Gasteiger partial charge in [-0.3, -0.25) is 14.5 Å². The zero-order valence-electron chi connectivity index (χ0n) is 27.0. The van der Waals surface area contributed by atoms with E-state index in [-0.39, 0.29) is 35.8 Å². The second-order valence-corrected chi connectivity index (χ2v) is 13.6. The molecule has 2 aromatic carbocycles. The molecule has 4 aliphatic rings. The molecule has 242 valence electrons. The van der Waals surface area contributed by atoms with Crippen molar-refractivity contribution in [1.29, 1.82) is 0 Å². The fourth-order valence-corrected chi connectivity index (χ4v) is 7.97. The average molecular weight is 614 g/mol. The van der Waals surface area contributed by atoms with E-state index >= 15 is 0 Å². The van der Waals surface area contributed by atoms with Crippen LogP contribution in [-0.4, -0.2) is 88.8 Å². The lowest BCUT2D eigenvalue weighted by atomic mass is 9.94. The van der Waals surface area contributed by atoms with E-state index in [1.807, 2.05) is 17.0 Å². The van der Waals surface area contributed by atoms with E-state index in [1.54, 1.807) is 0 Å². The van der Waals surface area contributed by atoms with Crippen LogP contribution in [0, 0.1) is 5.92 Å². The third-order valence-corrected chi connectivity index (χ3v) is 10.6. The van der Waals surface area contributed by atoms with Gasteiger partial charge in [0, 0.05) is 69.4 Å². The second kappa shape index (κ2) is 14.8. The van der Waals surface area contributed by atoms with E-state index in [0.717, 1.165) is 71.1 Å². The Kier molecular flexibility index (Phi) is 10.4. The number of carbonyl (C=O) groups excluding carboxylic acids is 3. The smallest absolute Gasteiger partial charge is 0.321 e. The van der Waals surface area contributed by atoms with Crippen molar-refractivity contribution in [3.8, 4) is 0 Å². The SMILES string of the molecule is CCCNC(=O)C1CCN(C(=O)c2ccc(CN3CCC(N4C(=O)N(C5CCCCC5)C[C@H]4c4ccccc4)CC3)cc2)CC1. The van der Waals surface area contributed by atoms with E-state index < -0.39 is 0 Å². The predicted molar refractivity (Wildman–Crippen MR) is 177 cm³/mol. The molecule has 3 saturated heterocycles. The van der Waals surface area contributed by atoms with Gasteiger partial charge < -0.3 is 20.0 Å². The third-order valence-electron chi connectivity index (χ3n) is 10.6. The highest BCUT2D eigenvalue weighted by Gasteiger charge is 2.45. The summed E-state index contributed by atoms with van der Waals surface area (Å²) in [6.07, 6.45) is 10.4. The normalized spacial score (nSPS) is 22.6. The van der Waals surface area contributed by atoms with E-state index in [2.05, 4.69) is 69.4 Å². The summed E-state index contributed by atoms with van der Waals surface area (Å²) in [7, 11) is 0. The lowest BCUT2D eigenvalue weighted by Crippen LogP contribution is -2.48. The van der Waals surface area contributed by atoms with Crippen LogP contribution in [0.4, 0.5) is 4.79 Å².